The van der Waals surface area contributed by atoms with Crippen molar-refractivity contribution in [2.24, 2.45) is 0 Å². The van der Waals surface area contributed by atoms with Gasteiger partial charge in [-0.25, -0.2) is 0 Å². The maximum absolute atomic E-state index is 11.7. The second-order valence-corrected chi connectivity index (χ2v) is 4.54. The molecular formula is C15H17NO4. The SMILES string of the molecule is COCCn1c(C(C)=O)cc2cc(OC(C)=O)ccc21. The first kappa shape index (κ1) is 14.3. The van der Waals surface area contributed by atoms with Gasteiger partial charge in [0.1, 0.15) is 5.75 Å². The van der Waals surface area contributed by atoms with Crippen LogP contribution in [0.2, 0.25) is 0 Å². The van der Waals surface area contributed by atoms with E-state index in [9.17, 15) is 9.59 Å². The van der Waals surface area contributed by atoms with Crippen LogP contribution >= 0.6 is 0 Å². The van der Waals surface area contributed by atoms with E-state index < -0.39 is 0 Å². The summed E-state index contributed by atoms with van der Waals surface area (Å²) in [5, 5.41) is 0.866. The molecule has 0 amide bonds. The summed E-state index contributed by atoms with van der Waals surface area (Å²) in [5.74, 6) is 0.102. The molecule has 20 heavy (non-hydrogen) atoms. The number of rotatable bonds is 5. The molecule has 5 heteroatoms. The second-order valence-electron chi connectivity index (χ2n) is 4.54. The number of nitrogens with zero attached hydrogens (tertiary/aromatic N) is 1. The molecule has 0 aliphatic carbocycles. The van der Waals surface area contributed by atoms with Gasteiger partial charge in [-0.3, -0.25) is 9.59 Å². The third-order valence-electron chi connectivity index (χ3n) is 3.01. The van der Waals surface area contributed by atoms with Crippen LogP contribution in [0.1, 0.15) is 24.3 Å². The Morgan fingerprint density at radius 3 is 2.55 bits per heavy atom. The number of aromatic nitrogens is 1. The zero-order valence-corrected chi connectivity index (χ0v) is 11.8. The van der Waals surface area contributed by atoms with E-state index in [1.165, 1.54) is 13.8 Å². The molecule has 0 spiro atoms. The van der Waals surface area contributed by atoms with Crippen molar-refractivity contribution in [3.8, 4) is 5.75 Å². The molecule has 2 rings (SSSR count). The molecule has 106 valence electrons. The number of hydrogen-bond acceptors (Lipinski definition) is 4. The normalized spacial score (nSPS) is 10.8. The molecule has 0 atom stereocenters. The number of benzene rings is 1. The van der Waals surface area contributed by atoms with Crippen molar-refractivity contribution >= 4 is 22.7 Å². The summed E-state index contributed by atoms with van der Waals surface area (Å²) in [5.41, 5.74) is 1.54. The van der Waals surface area contributed by atoms with Gasteiger partial charge in [0.2, 0.25) is 0 Å². The maximum Gasteiger partial charge on any atom is 0.308 e. The number of esters is 1. The van der Waals surface area contributed by atoms with Crippen LogP contribution in [0, 0.1) is 0 Å². The van der Waals surface area contributed by atoms with Crippen molar-refractivity contribution in [2.45, 2.75) is 20.4 Å². The van der Waals surface area contributed by atoms with Gasteiger partial charge in [-0.1, -0.05) is 0 Å². The quantitative estimate of drug-likeness (QED) is 0.477. The average molecular weight is 275 g/mol. The van der Waals surface area contributed by atoms with Gasteiger partial charge in [-0.15, -0.1) is 0 Å². The summed E-state index contributed by atoms with van der Waals surface area (Å²) >= 11 is 0. The van der Waals surface area contributed by atoms with E-state index in [0.29, 0.717) is 24.6 Å². The molecule has 0 saturated heterocycles. The van der Waals surface area contributed by atoms with Crippen LogP contribution < -0.4 is 4.74 Å². The van der Waals surface area contributed by atoms with E-state index in [2.05, 4.69) is 0 Å². The van der Waals surface area contributed by atoms with E-state index in [-0.39, 0.29) is 11.8 Å². The van der Waals surface area contributed by atoms with E-state index in [0.717, 1.165) is 10.9 Å². The number of methoxy groups -OCH3 is 1. The lowest BCUT2D eigenvalue weighted by Gasteiger charge is -2.08. The van der Waals surface area contributed by atoms with Gasteiger partial charge in [0, 0.05) is 38.4 Å². The molecule has 2 aromatic rings. The van der Waals surface area contributed by atoms with Gasteiger partial charge in [0.15, 0.2) is 5.78 Å². The molecule has 0 aliphatic heterocycles. The van der Waals surface area contributed by atoms with Crippen LogP contribution in [0.15, 0.2) is 24.3 Å². The molecule has 0 bridgehead atoms. The lowest BCUT2D eigenvalue weighted by atomic mass is 10.2. The molecular weight excluding hydrogens is 258 g/mol. The molecule has 0 fully saturated rings. The Labute approximate surface area is 117 Å². The van der Waals surface area contributed by atoms with Gasteiger partial charge in [0.25, 0.3) is 0 Å². The number of carbonyl (C=O) groups is 2. The molecule has 1 heterocycles. The van der Waals surface area contributed by atoms with E-state index in [1.54, 1.807) is 25.3 Å². The minimum absolute atomic E-state index is 0.00802. The molecule has 1 aromatic heterocycles. The Balaban J connectivity index is 2.49. The average Bonchev–Trinajstić information content (AvgIpc) is 2.73. The third kappa shape index (κ3) is 2.88. The molecule has 0 unspecified atom stereocenters. The zero-order valence-electron chi connectivity index (χ0n) is 11.8. The molecule has 0 aliphatic rings. The smallest absolute Gasteiger partial charge is 0.308 e. The maximum atomic E-state index is 11.7. The first-order chi connectivity index (χ1) is 9.52. The number of ketones is 1. The topological polar surface area (TPSA) is 57.5 Å². The molecule has 5 nitrogen and oxygen atoms in total. The van der Waals surface area contributed by atoms with Crippen molar-refractivity contribution in [3.05, 3.63) is 30.0 Å². The summed E-state index contributed by atoms with van der Waals surface area (Å²) in [6, 6.07) is 7.12. The van der Waals surface area contributed by atoms with Crippen molar-refractivity contribution in [3.63, 3.8) is 0 Å². The number of fused-ring (bicyclic) bond motifs is 1. The Morgan fingerprint density at radius 2 is 1.95 bits per heavy atom. The van der Waals surface area contributed by atoms with Gasteiger partial charge in [-0.2, -0.15) is 0 Å². The lowest BCUT2D eigenvalue weighted by Crippen LogP contribution is -2.10. The van der Waals surface area contributed by atoms with E-state index in [1.807, 2.05) is 10.6 Å². The highest BCUT2D eigenvalue weighted by molar-refractivity contribution is 5.99. The molecule has 0 saturated carbocycles. The van der Waals surface area contributed by atoms with Crippen molar-refractivity contribution in [1.82, 2.24) is 4.57 Å². The number of hydrogen-bond donors (Lipinski definition) is 0. The largest absolute Gasteiger partial charge is 0.427 e. The van der Waals surface area contributed by atoms with Crippen LogP contribution in [-0.2, 0) is 16.1 Å². The van der Waals surface area contributed by atoms with E-state index in [4.69, 9.17) is 9.47 Å². The highest BCUT2D eigenvalue weighted by atomic mass is 16.5. The Hall–Kier alpha value is -2.14. The van der Waals surface area contributed by atoms with Crippen LogP contribution in [0.3, 0.4) is 0 Å². The fourth-order valence-corrected chi connectivity index (χ4v) is 2.19. The summed E-state index contributed by atoms with van der Waals surface area (Å²) in [6.07, 6.45) is 0. The van der Waals surface area contributed by atoms with Crippen LogP contribution in [-0.4, -0.2) is 30.0 Å². The van der Waals surface area contributed by atoms with E-state index >= 15 is 0 Å². The third-order valence-corrected chi connectivity index (χ3v) is 3.01. The summed E-state index contributed by atoms with van der Waals surface area (Å²) in [4.78, 5) is 22.7. The standard InChI is InChI=1S/C15H17NO4/c1-10(17)15-9-12-8-13(20-11(2)18)4-5-14(12)16(15)6-7-19-3/h4-5,8-9H,6-7H2,1-3H3. The highest BCUT2D eigenvalue weighted by Gasteiger charge is 2.13. The summed E-state index contributed by atoms with van der Waals surface area (Å²) < 4.78 is 12.0. The number of carbonyl (C=O) groups excluding carboxylic acids is 2. The Kier molecular flexibility index (Phi) is 4.20. The summed E-state index contributed by atoms with van der Waals surface area (Å²) in [6.45, 7) is 4.01. The van der Waals surface area contributed by atoms with Gasteiger partial charge in [-0.05, 0) is 24.3 Å². The summed E-state index contributed by atoms with van der Waals surface area (Å²) in [7, 11) is 1.62. The molecule has 0 N–H and O–H groups in total. The van der Waals surface area contributed by atoms with Crippen molar-refractivity contribution < 1.29 is 19.1 Å². The fraction of sp³-hybridized carbons (Fsp3) is 0.333. The van der Waals surface area contributed by atoms with Gasteiger partial charge in [0.05, 0.1) is 12.3 Å². The van der Waals surface area contributed by atoms with Crippen LogP contribution in [0.5, 0.6) is 5.75 Å². The predicted molar refractivity (Wildman–Crippen MR) is 75.1 cm³/mol. The van der Waals surface area contributed by atoms with Crippen LogP contribution in [0.25, 0.3) is 10.9 Å². The van der Waals surface area contributed by atoms with Crippen molar-refractivity contribution in [1.29, 1.82) is 0 Å². The lowest BCUT2D eigenvalue weighted by molar-refractivity contribution is -0.131. The van der Waals surface area contributed by atoms with Crippen molar-refractivity contribution in [2.75, 3.05) is 13.7 Å². The highest BCUT2D eigenvalue weighted by Crippen LogP contribution is 2.25. The minimum Gasteiger partial charge on any atom is -0.427 e. The monoisotopic (exact) mass is 275 g/mol. The first-order valence-electron chi connectivity index (χ1n) is 6.34. The Bertz CT molecular complexity index is 657. The molecule has 1 aromatic carbocycles. The molecule has 0 radical (unpaired) electrons. The Morgan fingerprint density at radius 1 is 1.20 bits per heavy atom. The zero-order chi connectivity index (χ0) is 14.7. The fourth-order valence-electron chi connectivity index (χ4n) is 2.19. The minimum atomic E-state index is -0.366. The van der Waals surface area contributed by atoms with Gasteiger partial charge >= 0.3 is 5.97 Å². The first-order valence-corrected chi connectivity index (χ1v) is 6.34. The second kappa shape index (κ2) is 5.88. The predicted octanol–water partition coefficient (Wildman–Crippen LogP) is 2.42. The van der Waals surface area contributed by atoms with Crippen LogP contribution in [0.4, 0.5) is 0 Å². The number of ether oxygens (including phenoxy) is 2. The number of Topliss-reactive ketones (excluding diaryl/α,β-unsaturated/α-hetero) is 1. The van der Waals surface area contributed by atoms with Gasteiger partial charge < -0.3 is 14.0 Å².